The van der Waals surface area contributed by atoms with Gasteiger partial charge in [0.05, 0.1) is 64.1 Å². The van der Waals surface area contributed by atoms with Crippen molar-refractivity contribution in [1.82, 2.24) is 9.88 Å². The van der Waals surface area contributed by atoms with E-state index in [0.717, 1.165) is 17.0 Å². The van der Waals surface area contributed by atoms with Gasteiger partial charge in [0.25, 0.3) is 0 Å². The van der Waals surface area contributed by atoms with Crippen LogP contribution in [0, 0.1) is 0 Å². The Morgan fingerprint density at radius 2 is 1.51 bits per heavy atom. The number of hydrogen-bond donors (Lipinski definition) is 2. The van der Waals surface area contributed by atoms with Crippen molar-refractivity contribution in [3.63, 3.8) is 0 Å². The van der Waals surface area contributed by atoms with E-state index in [2.05, 4.69) is 4.98 Å². The molecule has 222 valence electrons. The third-order valence-electron chi connectivity index (χ3n) is 5.95. The summed E-state index contributed by atoms with van der Waals surface area (Å²) in [5, 5.41) is 20.1. The summed E-state index contributed by atoms with van der Waals surface area (Å²) in [5.41, 5.74) is 1.38. The molecule has 0 atom stereocenters. The molecule has 0 saturated carbocycles. The number of benzene rings is 2. The molecule has 0 unspecified atom stereocenters. The lowest BCUT2D eigenvalue weighted by molar-refractivity contribution is -0.137. The van der Waals surface area contributed by atoms with E-state index in [1.165, 1.54) is 24.4 Å². The van der Waals surface area contributed by atoms with Gasteiger partial charge in [0.2, 0.25) is 0 Å². The predicted octanol–water partition coefficient (Wildman–Crippen LogP) is 5.32. The van der Waals surface area contributed by atoms with Crippen molar-refractivity contribution in [2.75, 3.05) is 59.9 Å². The smallest absolute Gasteiger partial charge is 0.416 e. The number of nitrogens with zero attached hydrogens (tertiary/aromatic N) is 2. The number of amides is 1. The molecule has 12 heteroatoms. The Labute approximate surface area is 236 Å². The van der Waals surface area contributed by atoms with E-state index >= 15 is 0 Å². The van der Waals surface area contributed by atoms with Gasteiger partial charge in [-0.1, -0.05) is 18.2 Å². The summed E-state index contributed by atoms with van der Waals surface area (Å²) in [6, 6.07) is 12.7. The number of phenolic OH excluding ortho intramolecular Hbond substituents is 1. The fourth-order valence-corrected chi connectivity index (χ4v) is 3.85. The van der Waals surface area contributed by atoms with E-state index in [1.807, 2.05) is 0 Å². The first-order valence-electron chi connectivity index (χ1n) is 12.8. The highest BCUT2D eigenvalue weighted by Gasteiger charge is 2.30. The van der Waals surface area contributed by atoms with Gasteiger partial charge in [0.15, 0.2) is 0 Å². The Balaban J connectivity index is 1.59. The molecule has 41 heavy (non-hydrogen) atoms. The SMILES string of the molecule is COCCOCCOCCOCCN(Cc1cc(-c2cc(-c3cccc(C(F)(F)F)c3)ccc2O)ccn1)C(=O)O. The number of alkyl halides is 3. The highest BCUT2D eigenvalue weighted by atomic mass is 19.4. The van der Waals surface area contributed by atoms with Crippen LogP contribution >= 0.6 is 0 Å². The lowest BCUT2D eigenvalue weighted by Gasteiger charge is -2.19. The van der Waals surface area contributed by atoms with Crippen molar-refractivity contribution in [2.45, 2.75) is 12.7 Å². The first kappa shape index (κ1) is 31.8. The van der Waals surface area contributed by atoms with E-state index < -0.39 is 17.8 Å². The fourth-order valence-electron chi connectivity index (χ4n) is 3.85. The van der Waals surface area contributed by atoms with E-state index in [9.17, 15) is 28.2 Å². The van der Waals surface area contributed by atoms with Crippen LogP contribution in [0.15, 0.2) is 60.8 Å². The number of rotatable bonds is 16. The van der Waals surface area contributed by atoms with Crippen LogP contribution in [0.2, 0.25) is 0 Å². The van der Waals surface area contributed by atoms with Gasteiger partial charge in [-0.2, -0.15) is 13.2 Å². The van der Waals surface area contributed by atoms with Crippen molar-refractivity contribution in [3.8, 4) is 28.0 Å². The number of aromatic hydroxyl groups is 1. The Kier molecular flexibility index (Phi) is 12.3. The van der Waals surface area contributed by atoms with Crippen LogP contribution in [0.3, 0.4) is 0 Å². The first-order chi connectivity index (χ1) is 19.7. The monoisotopic (exact) mass is 578 g/mol. The molecule has 3 aromatic rings. The summed E-state index contributed by atoms with van der Waals surface area (Å²) < 4.78 is 60.6. The van der Waals surface area contributed by atoms with Gasteiger partial charge >= 0.3 is 12.3 Å². The number of hydrogen-bond acceptors (Lipinski definition) is 7. The summed E-state index contributed by atoms with van der Waals surface area (Å²) in [6.07, 6.45) is -4.16. The van der Waals surface area contributed by atoms with Crippen LogP contribution in [-0.4, -0.2) is 86.1 Å². The molecule has 0 aliphatic heterocycles. The molecule has 2 aromatic carbocycles. The molecular weight excluding hydrogens is 545 g/mol. The molecule has 1 amide bonds. The molecule has 3 rings (SSSR count). The Morgan fingerprint density at radius 3 is 2.17 bits per heavy atom. The van der Waals surface area contributed by atoms with Crippen molar-refractivity contribution >= 4 is 6.09 Å². The van der Waals surface area contributed by atoms with E-state index in [0.29, 0.717) is 67.6 Å². The number of ether oxygens (including phenoxy) is 4. The van der Waals surface area contributed by atoms with Gasteiger partial charge < -0.3 is 34.1 Å². The summed E-state index contributed by atoms with van der Waals surface area (Å²) in [7, 11) is 1.59. The highest BCUT2D eigenvalue weighted by Crippen LogP contribution is 2.36. The maximum atomic E-state index is 13.2. The van der Waals surface area contributed by atoms with Crippen LogP contribution in [0.4, 0.5) is 18.0 Å². The Morgan fingerprint density at radius 1 is 0.854 bits per heavy atom. The average Bonchev–Trinajstić information content (AvgIpc) is 2.95. The molecule has 0 bridgehead atoms. The fraction of sp³-hybridized carbons (Fsp3) is 0.379. The van der Waals surface area contributed by atoms with E-state index in [1.54, 1.807) is 31.4 Å². The predicted molar refractivity (Wildman–Crippen MR) is 145 cm³/mol. The quantitative estimate of drug-likeness (QED) is 0.220. The number of carboxylic acid groups (broad SMARTS) is 1. The van der Waals surface area contributed by atoms with Crippen LogP contribution in [0.25, 0.3) is 22.3 Å². The highest BCUT2D eigenvalue weighted by molar-refractivity contribution is 5.77. The molecule has 9 nitrogen and oxygen atoms in total. The number of phenols is 1. The molecule has 0 aliphatic carbocycles. The first-order valence-corrected chi connectivity index (χ1v) is 12.8. The van der Waals surface area contributed by atoms with Gasteiger partial charge in [-0.15, -0.1) is 0 Å². The third-order valence-corrected chi connectivity index (χ3v) is 5.95. The van der Waals surface area contributed by atoms with Gasteiger partial charge in [0.1, 0.15) is 5.75 Å². The normalized spacial score (nSPS) is 11.5. The number of aromatic nitrogens is 1. The zero-order valence-electron chi connectivity index (χ0n) is 22.6. The van der Waals surface area contributed by atoms with Crippen molar-refractivity contribution in [3.05, 3.63) is 72.1 Å². The van der Waals surface area contributed by atoms with Gasteiger partial charge in [0, 0.05) is 25.4 Å². The van der Waals surface area contributed by atoms with Crippen LogP contribution in [0.1, 0.15) is 11.3 Å². The van der Waals surface area contributed by atoms with E-state index in [4.69, 9.17) is 18.9 Å². The van der Waals surface area contributed by atoms with Gasteiger partial charge in [-0.3, -0.25) is 4.98 Å². The molecule has 2 N–H and O–H groups in total. The van der Waals surface area contributed by atoms with Crippen LogP contribution in [-0.2, 0) is 31.7 Å². The zero-order valence-corrected chi connectivity index (χ0v) is 22.6. The van der Waals surface area contributed by atoms with Crippen molar-refractivity contribution in [2.24, 2.45) is 0 Å². The number of carbonyl (C=O) groups is 1. The maximum absolute atomic E-state index is 13.2. The summed E-state index contributed by atoms with van der Waals surface area (Å²) in [6.45, 7) is 2.71. The summed E-state index contributed by atoms with van der Waals surface area (Å²) in [5.74, 6) is -0.0786. The summed E-state index contributed by atoms with van der Waals surface area (Å²) >= 11 is 0. The van der Waals surface area contributed by atoms with E-state index in [-0.39, 0.29) is 25.4 Å². The minimum atomic E-state index is -4.48. The average molecular weight is 579 g/mol. The molecule has 0 saturated heterocycles. The largest absolute Gasteiger partial charge is 0.507 e. The zero-order chi connectivity index (χ0) is 29.7. The standard InChI is InChI=1S/C29H33F3N2O7/c1-38-11-12-40-15-16-41-14-13-39-10-9-34(28(36)37)20-25-18-23(7-8-33-25)26-19-22(5-6-27(26)35)21-3-2-4-24(17-21)29(30,31)32/h2-8,17-19,35H,9-16,20H2,1H3,(H,36,37). The summed E-state index contributed by atoms with van der Waals surface area (Å²) in [4.78, 5) is 17.2. The number of halogens is 3. The lowest BCUT2D eigenvalue weighted by atomic mass is 9.97. The number of methoxy groups -OCH3 is 1. The lowest BCUT2D eigenvalue weighted by Crippen LogP contribution is -2.32. The molecule has 0 fully saturated rings. The maximum Gasteiger partial charge on any atom is 0.416 e. The molecule has 0 spiro atoms. The van der Waals surface area contributed by atoms with Gasteiger partial charge in [-0.05, 0) is 53.1 Å². The van der Waals surface area contributed by atoms with Crippen LogP contribution in [0.5, 0.6) is 5.75 Å². The second kappa shape index (κ2) is 15.9. The third kappa shape index (κ3) is 10.3. The molecule has 0 aliphatic rings. The molecule has 1 heterocycles. The van der Waals surface area contributed by atoms with Gasteiger partial charge in [-0.25, -0.2) is 4.79 Å². The molecule has 1 aromatic heterocycles. The molecule has 0 radical (unpaired) electrons. The topological polar surface area (TPSA) is 111 Å². The number of pyridine rings is 1. The van der Waals surface area contributed by atoms with Crippen molar-refractivity contribution < 1.29 is 47.1 Å². The molecular formula is C29H33F3N2O7. The van der Waals surface area contributed by atoms with Crippen molar-refractivity contribution in [1.29, 1.82) is 0 Å². The van der Waals surface area contributed by atoms with Crippen LogP contribution < -0.4 is 0 Å². The Bertz CT molecular complexity index is 1260. The minimum absolute atomic E-state index is 0.0318. The Hall–Kier alpha value is -3.71. The second-order valence-electron chi connectivity index (χ2n) is 8.88. The minimum Gasteiger partial charge on any atom is -0.507 e. The second-order valence-corrected chi connectivity index (χ2v) is 8.88.